The second kappa shape index (κ2) is 5.38. The predicted molar refractivity (Wildman–Crippen MR) is 71.3 cm³/mol. The molecular formula is C14H13ClFNO. The van der Waals surface area contributed by atoms with Crippen molar-refractivity contribution in [1.29, 1.82) is 0 Å². The first-order valence-electron chi connectivity index (χ1n) is 5.48. The Morgan fingerprint density at radius 3 is 2.67 bits per heavy atom. The van der Waals surface area contributed by atoms with E-state index in [-0.39, 0.29) is 5.75 Å². The highest BCUT2D eigenvalue weighted by atomic mass is 35.5. The van der Waals surface area contributed by atoms with E-state index in [4.69, 9.17) is 22.1 Å². The van der Waals surface area contributed by atoms with Crippen LogP contribution in [-0.2, 0) is 6.54 Å². The minimum absolute atomic E-state index is 0.204. The lowest BCUT2D eigenvalue weighted by atomic mass is 9.99. The molecular weight excluding hydrogens is 253 g/mol. The summed E-state index contributed by atoms with van der Waals surface area (Å²) in [4.78, 5) is 0. The Morgan fingerprint density at radius 1 is 1.22 bits per heavy atom. The fraction of sp³-hybridized carbons (Fsp3) is 0.143. The first-order valence-corrected chi connectivity index (χ1v) is 5.86. The van der Waals surface area contributed by atoms with Crippen LogP contribution >= 0.6 is 11.6 Å². The van der Waals surface area contributed by atoms with Gasteiger partial charge in [-0.2, -0.15) is 0 Å². The summed E-state index contributed by atoms with van der Waals surface area (Å²) >= 11 is 5.96. The first-order chi connectivity index (χ1) is 8.67. The average molecular weight is 266 g/mol. The maximum Gasteiger partial charge on any atom is 0.172 e. The molecule has 0 fully saturated rings. The summed E-state index contributed by atoms with van der Waals surface area (Å²) in [5.41, 5.74) is 7.64. The van der Waals surface area contributed by atoms with Crippen LogP contribution in [0.15, 0.2) is 36.4 Å². The molecule has 2 rings (SSSR count). The van der Waals surface area contributed by atoms with Crippen LogP contribution in [0.5, 0.6) is 5.75 Å². The third-order valence-corrected chi connectivity index (χ3v) is 3.00. The fourth-order valence-corrected chi connectivity index (χ4v) is 2.03. The van der Waals surface area contributed by atoms with Gasteiger partial charge in [-0.05, 0) is 29.3 Å². The van der Waals surface area contributed by atoms with Crippen molar-refractivity contribution in [3.8, 4) is 16.9 Å². The minimum atomic E-state index is -0.406. The first kappa shape index (κ1) is 12.9. The van der Waals surface area contributed by atoms with E-state index in [2.05, 4.69) is 0 Å². The standard InChI is InChI=1S/C14H13ClFNO/c1-18-13-4-2-3-11(14(13)16)12-7-10(15)6-5-9(12)8-17/h2-7H,8,17H2,1H3. The third kappa shape index (κ3) is 2.33. The highest BCUT2D eigenvalue weighted by Crippen LogP contribution is 2.32. The van der Waals surface area contributed by atoms with Gasteiger partial charge in [0.15, 0.2) is 11.6 Å². The summed E-state index contributed by atoms with van der Waals surface area (Å²) in [6.07, 6.45) is 0. The van der Waals surface area contributed by atoms with Crippen molar-refractivity contribution < 1.29 is 9.13 Å². The molecule has 0 heterocycles. The molecule has 94 valence electrons. The van der Waals surface area contributed by atoms with E-state index < -0.39 is 5.82 Å². The number of methoxy groups -OCH3 is 1. The van der Waals surface area contributed by atoms with Crippen molar-refractivity contribution in [3.63, 3.8) is 0 Å². The lowest BCUT2D eigenvalue weighted by Gasteiger charge is -2.11. The quantitative estimate of drug-likeness (QED) is 0.920. The lowest BCUT2D eigenvalue weighted by Crippen LogP contribution is -2.00. The molecule has 0 bridgehead atoms. The van der Waals surface area contributed by atoms with Gasteiger partial charge in [0.25, 0.3) is 0 Å². The molecule has 0 aliphatic carbocycles. The van der Waals surface area contributed by atoms with Crippen LogP contribution in [0.25, 0.3) is 11.1 Å². The molecule has 2 aromatic rings. The zero-order valence-corrected chi connectivity index (χ0v) is 10.7. The molecule has 0 spiro atoms. The molecule has 0 saturated carbocycles. The van der Waals surface area contributed by atoms with E-state index in [9.17, 15) is 4.39 Å². The number of hydrogen-bond donors (Lipinski definition) is 1. The van der Waals surface area contributed by atoms with Gasteiger partial charge >= 0.3 is 0 Å². The van der Waals surface area contributed by atoms with Gasteiger partial charge in [0.2, 0.25) is 0 Å². The van der Waals surface area contributed by atoms with Crippen LogP contribution in [0.4, 0.5) is 4.39 Å². The Labute approximate surface area is 110 Å². The summed E-state index contributed by atoms with van der Waals surface area (Å²) in [6, 6.07) is 10.2. The molecule has 0 aliphatic rings. The summed E-state index contributed by atoms with van der Waals surface area (Å²) in [6.45, 7) is 0.323. The van der Waals surface area contributed by atoms with Gasteiger partial charge in [-0.15, -0.1) is 0 Å². The van der Waals surface area contributed by atoms with Crippen LogP contribution in [0.1, 0.15) is 5.56 Å². The Hall–Kier alpha value is -1.58. The normalized spacial score (nSPS) is 10.4. The van der Waals surface area contributed by atoms with E-state index in [1.54, 1.807) is 36.4 Å². The zero-order valence-electron chi connectivity index (χ0n) is 9.91. The Bertz CT molecular complexity index is 572. The van der Waals surface area contributed by atoms with Gasteiger partial charge in [-0.3, -0.25) is 0 Å². The van der Waals surface area contributed by atoms with Crippen molar-refractivity contribution in [2.45, 2.75) is 6.54 Å². The molecule has 2 aromatic carbocycles. The average Bonchev–Trinajstić information content (AvgIpc) is 2.39. The van der Waals surface area contributed by atoms with Gasteiger partial charge in [-0.25, -0.2) is 4.39 Å². The molecule has 2 N–H and O–H groups in total. The van der Waals surface area contributed by atoms with Crippen molar-refractivity contribution in [2.75, 3.05) is 7.11 Å². The smallest absolute Gasteiger partial charge is 0.172 e. The molecule has 0 radical (unpaired) electrons. The molecule has 0 aliphatic heterocycles. The van der Waals surface area contributed by atoms with E-state index in [1.165, 1.54) is 7.11 Å². The van der Waals surface area contributed by atoms with E-state index in [0.717, 1.165) is 5.56 Å². The molecule has 18 heavy (non-hydrogen) atoms. The molecule has 0 amide bonds. The second-order valence-electron chi connectivity index (χ2n) is 3.83. The maximum absolute atomic E-state index is 14.2. The Kier molecular flexibility index (Phi) is 3.84. The minimum Gasteiger partial charge on any atom is -0.494 e. The second-order valence-corrected chi connectivity index (χ2v) is 4.26. The highest BCUT2D eigenvalue weighted by molar-refractivity contribution is 6.30. The molecule has 0 atom stereocenters. The number of rotatable bonds is 3. The molecule has 0 aromatic heterocycles. The van der Waals surface area contributed by atoms with Crippen molar-refractivity contribution in [1.82, 2.24) is 0 Å². The van der Waals surface area contributed by atoms with E-state index in [0.29, 0.717) is 22.7 Å². The van der Waals surface area contributed by atoms with Crippen molar-refractivity contribution in [2.24, 2.45) is 5.73 Å². The van der Waals surface area contributed by atoms with Crippen LogP contribution in [0, 0.1) is 5.82 Å². The summed E-state index contributed by atoms with van der Waals surface area (Å²) < 4.78 is 19.2. The molecule has 4 heteroatoms. The van der Waals surface area contributed by atoms with Crippen LogP contribution in [0.2, 0.25) is 5.02 Å². The van der Waals surface area contributed by atoms with Gasteiger partial charge in [-0.1, -0.05) is 29.8 Å². The summed E-state index contributed by atoms with van der Waals surface area (Å²) in [5, 5.41) is 0.546. The van der Waals surface area contributed by atoms with Gasteiger partial charge < -0.3 is 10.5 Å². The molecule has 2 nitrogen and oxygen atoms in total. The number of nitrogens with two attached hydrogens (primary N) is 1. The van der Waals surface area contributed by atoms with Gasteiger partial charge in [0.05, 0.1) is 7.11 Å². The van der Waals surface area contributed by atoms with Crippen LogP contribution in [0.3, 0.4) is 0 Å². The number of benzene rings is 2. The van der Waals surface area contributed by atoms with E-state index in [1.807, 2.05) is 0 Å². The SMILES string of the molecule is COc1cccc(-c2cc(Cl)ccc2CN)c1F. The van der Waals surface area contributed by atoms with Crippen LogP contribution in [-0.4, -0.2) is 7.11 Å². The lowest BCUT2D eigenvalue weighted by molar-refractivity contribution is 0.387. The predicted octanol–water partition coefficient (Wildman–Crippen LogP) is 3.61. The van der Waals surface area contributed by atoms with Gasteiger partial charge in [0, 0.05) is 17.1 Å². The zero-order chi connectivity index (χ0) is 13.1. The number of hydrogen-bond acceptors (Lipinski definition) is 2. The van der Waals surface area contributed by atoms with Crippen molar-refractivity contribution >= 4 is 11.6 Å². The third-order valence-electron chi connectivity index (χ3n) is 2.77. The van der Waals surface area contributed by atoms with E-state index >= 15 is 0 Å². The Balaban J connectivity index is 2.64. The fourth-order valence-electron chi connectivity index (χ4n) is 1.85. The highest BCUT2D eigenvalue weighted by Gasteiger charge is 2.13. The monoisotopic (exact) mass is 265 g/mol. The van der Waals surface area contributed by atoms with Crippen LogP contribution < -0.4 is 10.5 Å². The van der Waals surface area contributed by atoms with Crippen molar-refractivity contribution in [3.05, 3.63) is 52.8 Å². The number of ether oxygens (including phenoxy) is 1. The Morgan fingerprint density at radius 2 is 2.00 bits per heavy atom. The number of halogens is 2. The summed E-state index contributed by atoms with van der Waals surface area (Å²) in [5.74, 6) is -0.201. The largest absolute Gasteiger partial charge is 0.494 e. The molecule has 0 saturated heterocycles. The topological polar surface area (TPSA) is 35.2 Å². The maximum atomic E-state index is 14.2. The molecule has 0 unspecified atom stereocenters. The summed E-state index contributed by atoms with van der Waals surface area (Å²) in [7, 11) is 1.43. The van der Waals surface area contributed by atoms with Gasteiger partial charge in [0.1, 0.15) is 0 Å².